The Bertz CT molecular complexity index is 1420. The zero-order valence-electron chi connectivity index (χ0n) is 21.1. The van der Waals surface area contributed by atoms with Crippen LogP contribution in [0.3, 0.4) is 0 Å². The van der Waals surface area contributed by atoms with Gasteiger partial charge in [0.2, 0.25) is 5.43 Å². The first-order valence-electron chi connectivity index (χ1n) is 12.6. The number of pyridine rings is 1. The minimum Gasteiger partial charge on any atom is -0.477 e. The normalized spacial score (nSPS) is 18.1. The fourth-order valence-electron chi connectivity index (χ4n) is 5.53. The lowest BCUT2D eigenvalue weighted by atomic mass is 9.93. The second kappa shape index (κ2) is 11.1. The molecule has 3 N–H and O–H groups in total. The Morgan fingerprint density at radius 2 is 1.87 bits per heavy atom. The maximum Gasteiger partial charge on any atom is 0.341 e. The summed E-state index contributed by atoms with van der Waals surface area (Å²) in [5.74, 6) is -2.30. The number of benzene rings is 2. The Labute approximate surface area is 225 Å². The van der Waals surface area contributed by atoms with Crippen molar-refractivity contribution in [1.82, 2.24) is 4.57 Å². The van der Waals surface area contributed by atoms with Crippen LogP contribution in [0.15, 0.2) is 47.4 Å². The molecule has 0 saturated carbocycles. The van der Waals surface area contributed by atoms with Crippen molar-refractivity contribution in [3.63, 3.8) is 0 Å². The first-order valence-corrected chi connectivity index (χ1v) is 12.6. The number of esters is 1. The van der Waals surface area contributed by atoms with Crippen molar-refractivity contribution in [3.05, 3.63) is 75.3 Å². The average molecular weight is 544 g/mol. The minimum absolute atomic E-state index is 0. The monoisotopic (exact) mass is 543 g/mol. The molecule has 5 rings (SSSR count). The molecule has 0 radical (unpaired) electrons. The lowest BCUT2D eigenvalue weighted by Gasteiger charge is -2.37. The molecule has 2 atom stereocenters. The molecule has 10 heteroatoms. The molecule has 2 aliphatic heterocycles. The molecule has 0 aliphatic carbocycles. The number of rotatable bonds is 6. The van der Waals surface area contributed by atoms with Crippen LogP contribution >= 0.6 is 12.4 Å². The third-order valence-corrected chi connectivity index (χ3v) is 7.50. The molecule has 1 saturated heterocycles. The van der Waals surface area contributed by atoms with E-state index in [1.54, 1.807) is 4.57 Å². The molecule has 0 amide bonds. The molecule has 3 aromatic rings. The van der Waals surface area contributed by atoms with Gasteiger partial charge in [0.05, 0.1) is 11.2 Å². The van der Waals surface area contributed by atoms with Crippen LogP contribution < -0.4 is 16.1 Å². The van der Waals surface area contributed by atoms with Crippen LogP contribution in [-0.4, -0.2) is 46.8 Å². The number of aryl methyl sites for hydroxylation is 1. The smallest absolute Gasteiger partial charge is 0.341 e. The summed E-state index contributed by atoms with van der Waals surface area (Å²) < 4.78 is 23.0. The van der Waals surface area contributed by atoms with Gasteiger partial charge in [-0.3, -0.25) is 9.59 Å². The van der Waals surface area contributed by atoms with Gasteiger partial charge in [0.25, 0.3) is 0 Å². The molecule has 202 valence electrons. The maximum atomic E-state index is 15.5. The SMILES string of the molecule is C[C@H]1CCc2c(N3CCC(OC(=O)[C@H](N)Cc4ccccc4)CC3)c(F)cc3c(=O)c(C(=O)O)cn1c23.Cl. The van der Waals surface area contributed by atoms with Crippen LogP contribution in [0.5, 0.6) is 0 Å². The van der Waals surface area contributed by atoms with E-state index in [0.29, 0.717) is 56.4 Å². The number of nitrogens with two attached hydrogens (primary N) is 1. The second-order valence-corrected chi connectivity index (χ2v) is 9.97. The van der Waals surface area contributed by atoms with Crippen LogP contribution in [0.4, 0.5) is 10.1 Å². The average Bonchev–Trinajstić information content (AvgIpc) is 2.88. The van der Waals surface area contributed by atoms with Gasteiger partial charge < -0.3 is 25.0 Å². The molecular weight excluding hydrogens is 513 g/mol. The molecule has 2 aliphatic rings. The number of hydrogen-bond donors (Lipinski definition) is 2. The molecule has 0 spiro atoms. The molecular formula is C28H31ClFN3O5. The predicted octanol–water partition coefficient (Wildman–Crippen LogP) is 3.85. The van der Waals surface area contributed by atoms with Crippen LogP contribution in [0.25, 0.3) is 10.9 Å². The van der Waals surface area contributed by atoms with Crippen molar-refractivity contribution in [2.75, 3.05) is 18.0 Å². The number of carbonyl (C=O) groups excluding carboxylic acids is 1. The van der Waals surface area contributed by atoms with Gasteiger partial charge in [-0.1, -0.05) is 30.3 Å². The van der Waals surface area contributed by atoms with E-state index in [4.69, 9.17) is 10.5 Å². The predicted molar refractivity (Wildman–Crippen MR) is 145 cm³/mol. The van der Waals surface area contributed by atoms with Gasteiger partial charge in [-0.05, 0) is 37.8 Å². The molecule has 0 bridgehead atoms. The summed E-state index contributed by atoms with van der Waals surface area (Å²) in [4.78, 5) is 39.0. The summed E-state index contributed by atoms with van der Waals surface area (Å²) in [6.45, 7) is 2.92. The summed E-state index contributed by atoms with van der Waals surface area (Å²) in [5.41, 5.74) is 7.78. The number of aromatic nitrogens is 1. The topological polar surface area (TPSA) is 115 Å². The fourth-order valence-corrected chi connectivity index (χ4v) is 5.53. The number of carbonyl (C=O) groups is 2. The highest BCUT2D eigenvalue weighted by molar-refractivity contribution is 5.95. The highest BCUT2D eigenvalue weighted by Gasteiger charge is 2.31. The van der Waals surface area contributed by atoms with E-state index in [1.165, 1.54) is 12.3 Å². The molecule has 38 heavy (non-hydrogen) atoms. The zero-order chi connectivity index (χ0) is 26.3. The van der Waals surface area contributed by atoms with Crippen molar-refractivity contribution >= 4 is 40.9 Å². The Morgan fingerprint density at radius 1 is 1.18 bits per heavy atom. The standard InChI is InChI=1S/C28H30FN3O5.ClH/c1-16-7-8-19-24-20(26(33)21(27(34)35)15-32(16)24)14-22(29)25(19)31-11-9-18(10-12-31)37-28(36)23(30)13-17-5-3-2-4-6-17;/h2-6,14-16,18,23H,7-13,30H2,1H3,(H,34,35);1H/t16-,23+;/m0./s1. The van der Waals surface area contributed by atoms with Crippen LogP contribution in [0.2, 0.25) is 0 Å². The third-order valence-electron chi connectivity index (χ3n) is 7.50. The van der Waals surface area contributed by atoms with E-state index in [0.717, 1.165) is 11.1 Å². The highest BCUT2D eigenvalue weighted by atomic mass is 35.5. The summed E-state index contributed by atoms with van der Waals surface area (Å²) >= 11 is 0. The number of nitrogens with zero attached hydrogens (tertiary/aromatic N) is 2. The Kier molecular flexibility index (Phi) is 8.08. The van der Waals surface area contributed by atoms with Crippen molar-refractivity contribution in [1.29, 1.82) is 0 Å². The van der Waals surface area contributed by atoms with Gasteiger partial charge in [0.15, 0.2) is 0 Å². The molecule has 8 nitrogen and oxygen atoms in total. The van der Waals surface area contributed by atoms with Gasteiger partial charge >= 0.3 is 11.9 Å². The number of anilines is 1. The van der Waals surface area contributed by atoms with Crippen LogP contribution in [-0.2, 0) is 22.4 Å². The Morgan fingerprint density at radius 3 is 2.53 bits per heavy atom. The van der Waals surface area contributed by atoms with Crippen LogP contribution in [0.1, 0.15) is 53.7 Å². The molecule has 2 aromatic carbocycles. The Balaban J connectivity index is 0.00000336. The first-order chi connectivity index (χ1) is 17.7. The van der Waals surface area contributed by atoms with E-state index in [9.17, 15) is 19.5 Å². The van der Waals surface area contributed by atoms with E-state index in [-0.39, 0.29) is 35.5 Å². The van der Waals surface area contributed by atoms with Crippen LogP contribution in [0, 0.1) is 5.82 Å². The maximum absolute atomic E-state index is 15.5. The Hall–Kier alpha value is -3.43. The van der Waals surface area contributed by atoms with Crippen molar-refractivity contribution in [2.45, 2.75) is 57.2 Å². The molecule has 3 heterocycles. The largest absolute Gasteiger partial charge is 0.477 e. The number of carboxylic acids is 1. The van der Waals surface area contributed by atoms with Gasteiger partial charge in [-0.2, -0.15) is 0 Å². The first kappa shape index (κ1) is 27.6. The number of halogens is 2. The van der Waals surface area contributed by atoms with Crippen molar-refractivity contribution in [3.8, 4) is 0 Å². The van der Waals surface area contributed by atoms with Gasteiger partial charge in [-0.25, -0.2) is 9.18 Å². The summed E-state index contributed by atoms with van der Waals surface area (Å²) in [6.07, 6.45) is 3.82. The summed E-state index contributed by atoms with van der Waals surface area (Å²) in [6, 6.07) is 9.93. The summed E-state index contributed by atoms with van der Waals surface area (Å²) in [7, 11) is 0. The zero-order valence-corrected chi connectivity index (χ0v) is 21.9. The lowest BCUT2D eigenvalue weighted by molar-refractivity contribution is -0.151. The second-order valence-electron chi connectivity index (χ2n) is 9.97. The van der Waals surface area contributed by atoms with Gasteiger partial charge in [0, 0.05) is 49.1 Å². The number of ether oxygens (including phenoxy) is 1. The summed E-state index contributed by atoms with van der Waals surface area (Å²) in [5, 5.41) is 9.58. The van der Waals surface area contributed by atoms with Gasteiger partial charge in [0.1, 0.15) is 23.5 Å². The number of hydrogen-bond acceptors (Lipinski definition) is 6. The molecule has 1 fully saturated rings. The van der Waals surface area contributed by atoms with E-state index < -0.39 is 29.2 Å². The van der Waals surface area contributed by atoms with E-state index >= 15 is 4.39 Å². The fraction of sp³-hybridized carbons (Fsp3) is 0.393. The molecule has 1 aromatic heterocycles. The van der Waals surface area contributed by atoms with E-state index in [1.807, 2.05) is 42.2 Å². The number of aromatic carboxylic acids is 1. The quantitative estimate of drug-likeness (QED) is 0.454. The van der Waals surface area contributed by atoms with Crippen molar-refractivity contribution in [2.24, 2.45) is 5.73 Å². The van der Waals surface area contributed by atoms with E-state index in [2.05, 4.69) is 0 Å². The van der Waals surface area contributed by atoms with Gasteiger partial charge in [-0.15, -0.1) is 12.4 Å². The minimum atomic E-state index is -1.32. The lowest BCUT2D eigenvalue weighted by Crippen LogP contribution is -2.42. The number of carboxylic acid groups (broad SMARTS) is 1. The van der Waals surface area contributed by atoms with Crippen molar-refractivity contribution < 1.29 is 23.8 Å². The molecule has 0 unspecified atom stereocenters. The highest BCUT2D eigenvalue weighted by Crippen LogP contribution is 2.39. The third kappa shape index (κ3) is 5.13. The number of piperidine rings is 1.